The third-order valence-electron chi connectivity index (χ3n) is 3.08. The summed E-state index contributed by atoms with van der Waals surface area (Å²) in [6, 6.07) is -0.207. The van der Waals surface area contributed by atoms with Gasteiger partial charge in [-0.25, -0.2) is 8.42 Å². The Morgan fingerprint density at radius 1 is 1.41 bits per heavy atom. The molecular weight excluding hydrogens is 240 g/mol. The van der Waals surface area contributed by atoms with E-state index in [9.17, 15) is 13.2 Å². The number of hydrogen-bond donors (Lipinski definition) is 1. The van der Waals surface area contributed by atoms with Crippen LogP contribution < -0.4 is 5.32 Å². The SMILES string of the molecule is CC1NCCN(CCS(=O)(=O)C(C)(C)C)C1=O. The number of hydrogen-bond acceptors (Lipinski definition) is 4. The van der Waals surface area contributed by atoms with Crippen LogP contribution >= 0.6 is 0 Å². The zero-order chi connectivity index (χ0) is 13.3. The molecule has 1 fully saturated rings. The van der Waals surface area contributed by atoms with E-state index in [2.05, 4.69) is 5.32 Å². The van der Waals surface area contributed by atoms with E-state index in [4.69, 9.17) is 0 Å². The predicted molar refractivity (Wildman–Crippen MR) is 67.6 cm³/mol. The maximum Gasteiger partial charge on any atom is 0.239 e. The predicted octanol–water partition coefficient (Wildman–Crippen LogP) is 0.0200. The van der Waals surface area contributed by atoms with Gasteiger partial charge in [0.15, 0.2) is 9.84 Å². The summed E-state index contributed by atoms with van der Waals surface area (Å²) < 4.78 is 23.1. The lowest BCUT2D eigenvalue weighted by molar-refractivity contribution is -0.134. The van der Waals surface area contributed by atoms with Crippen LogP contribution in [-0.2, 0) is 14.6 Å². The smallest absolute Gasteiger partial charge is 0.239 e. The Balaban J connectivity index is 2.60. The molecule has 0 aromatic rings. The van der Waals surface area contributed by atoms with E-state index in [1.54, 1.807) is 32.6 Å². The van der Waals surface area contributed by atoms with Crippen LogP contribution in [0.4, 0.5) is 0 Å². The first-order valence-electron chi connectivity index (χ1n) is 5.89. The number of nitrogens with one attached hydrogen (secondary N) is 1. The Hall–Kier alpha value is -0.620. The fourth-order valence-corrected chi connectivity index (χ4v) is 2.72. The number of nitrogens with zero attached hydrogens (tertiary/aromatic N) is 1. The Morgan fingerprint density at radius 2 is 2.00 bits per heavy atom. The fraction of sp³-hybridized carbons (Fsp3) is 0.909. The molecule has 5 nitrogen and oxygen atoms in total. The van der Waals surface area contributed by atoms with Gasteiger partial charge < -0.3 is 10.2 Å². The van der Waals surface area contributed by atoms with Crippen molar-refractivity contribution in [2.45, 2.75) is 38.5 Å². The fourth-order valence-electron chi connectivity index (χ4n) is 1.65. The van der Waals surface area contributed by atoms with Gasteiger partial charge in [-0.15, -0.1) is 0 Å². The Bertz CT molecular complexity index is 384. The highest BCUT2D eigenvalue weighted by Gasteiger charge is 2.31. The van der Waals surface area contributed by atoms with E-state index >= 15 is 0 Å². The monoisotopic (exact) mass is 262 g/mol. The Labute approximate surface area is 103 Å². The molecule has 0 bridgehead atoms. The first-order chi connectivity index (χ1) is 7.65. The summed E-state index contributed by atoms with van der Waals surface area (Å²) in [5, 5.41) is 3.05. The van der Waals surface area contributed by atoms with Crippen LogP contribution in [0.1, 0.15) is 27.7 Å². The number of carbonyl (C=O) groups excluding carboxylic acids is 1. The highest BCUT2D eigenvalue weighted by Crippen LogP contribution is 2.16. The highest BCUT2D eigenvalue weighted by molar-refractivity contribution is 7.92. The number of amides is 1. The molecule has 6 heteroatoms. The van der Waals surface area contributed by atoms with Crippen molar-refractivity contribution in [2.24, 2.45) is 0 Å². The normalized spacial score (nSPS) is 22.9. The summed E-state index contributed by atoms with van der Waals surface area (Å²) in [5.41, 5.74) is 0. The van der Waals surface area contributed by atoms with Crippen molar-refractivity contribution in [1.29, 1.82) is 0 Å². The lowest BCUT2D eigenvalue weighted by Gasteiger charge is -2.32. The average Bonchev–Trinajstić information content (AvgIpc) is 2.18. The zero-order valence-electron chi connectivity index (χ0n) is 11.0. The van der Waals surface area contributed by atoms with Gasteiger partial charge in [-0.1, -0.05) is 0 Å². The maximum atomic E-state index is 11.9. The zero-order valence-corrected chi connectivity index (χ0v) is 11.8. The molecule has 1 aliphatic rings. The Morgan fingerprint density at radius 3 is 2.53 bits per heavy atom. The van der Waals surface area contributed by atoms with Crippen LogP contribution in [0.5, 0.6) is 0 Å². The maximum absolute atomic E-state index is 11.9. The lowest BCUT2D eigenvalue weighted by atomic mass is 10.2. The minimum absolute atomic E-state index is 0.0136. The minimum atomic E-state index is -3.15. The van der Waals surface area contributed by atoms with E-state index in [-0.39, 0.29) is 17.7 Å². The van der Waals surface area contributed by atoms with Crippen LogP contribution in [0.15, 0.2) is 0 Å². The summed E-state index contributed by atoms with van der Waals surface area (Å²) in [6.07, 6.45) is 0. The summed E-state index contributed by atoms with van der Waals surface area (Å²) in [5.74, 6) is 0.0231. The van der Waals surface area contributed by atoms with Gasteiger partial charge in [-0.05, 0) is 27.7 Å². The van der Waals surface area contributed by atoms with Crippen LogP contribution in [0.25, 0.3) is 0 Å². The van der Waals surface area contributed by atoms with Gasteiger partial charge in [0.2, 0.25) is 5.91 Å². The topological polar surface area (TPSA) is 66.5 Å². The summed E-state index contributed by atoms with van der Waals surface area (Å²) in [6.45, 7) is 8.46. The van der Waals surface area contributed by atoms with Crippen molar-refractivity contribution < 1.29 is 13.2 Å². The third-order valence-corrected chi connectivity index (χ3v) is 5.66. The van der Waals surface area contributed by atoms with Crippen molar-refractivity contribution in [3.63, 3.8) is 0 Å². The molecule has 0 spiro atoms. The number of sulfone groups is 1. The van der Waals surface area contributed by atoms with Gasteiger partial charge in [0.05, 0.1) is 16.5 Å². The quantitative estimate of drug-likeness (QED) is 0.778. The third kappa shape index (κ3) is 3.42. The molecule has 1 saturated heterocycles. The van der Waals surface area contributed by atoms with E-state index in [1.807, 2.05) is 0 Å². The largest absolute Gasteiger partial charge is 0.339 e. The second kappa shape index (κ2) is 4.94. The molecule has 100 valence electrons. The van der Waals surface area contributed by atoms with Crippen molar-refractivity contribution in [3.8, 4) is 0 Å². The molecule has 1 unspecified atom stereocenters. The molecule has 1 heterocycles. The standard InChI is InChI=1S/C11H22N2O3S/c1-9-10(14)13(6-5-12-9)7-8-17(15,16)11(2,3)4/h9,12H,5-8H2,1-4H3. The molecule has 1 amide bonds. The molecule has 0 saturated carbocycles. The summed E-state index contributed by atoms with van der Waals surface area (Å²) >= 11 is 0. The van der Waals surface area contributed by atoms with Crippen LogP contribution in [-0.4, -0.2) is 55.4 Å². The first kappa shape index (κ1) is 14.4. The van der Waals surface area contributed by atoms with Gasteiger partial charge in [0.1, 0.15) is 0 Å². The second-order valence-electron chi connectivity index (χ2n) is 5.43. The molecule has 0 aromatic carbocycles. The van der Waals surface area contributed by atoms with E-state index in [0.717, 1.165) is 6.54 Å². The number of rotatable bonds is 3. The van der Waals surface area contributed by atoms with Gasteiger partial charge in [-0.3, -0.25) is 4.79 Å². The Kier molecular flexibility index (Phi) is 4.19. The molecule has 1 aliphatic heterocycles. The van der Waals surface area contributed by atoms with Crippen molar-refractivity contribution in [3.05, 3.63) is 0 Å². The van der Waals surface area contributed by atoms with Crippen molar-refractivity contribution >= 4 is 15.7 Å². The molecule has 17 heavy (non-hydrogen) atoms. The van der Waals surface area contributed by atoms with Crippen molar-refractivity contribution in [1.82, 2.24) is 10.2 Å². The second-order valence-corrected chi connectivity index (χ2v) is 8.29. The van der Waals surface area contributed by atoms with E-state index in [1.165, 1.54) is 0 Å². The molecular formula is C11H22N2O3S. The molecule has 0 aliphatic carbocycles. The van der Waals surface area contributed by atoms with Crippen LogP contribution in [0.3, 0.4) is 0 Å². The molecule has 1 N–H and O–H groups in total. The molecule has 1 atom stereocenters. The number of carbonyl (C=O) groups is 1. The first-order valence-corrected chi connectivity index (χ1v) is 7.55. The van der Waals surface area contributed by atoms with Crippen LogP contribution in [0.2, 0.25) is 0 Å². The summed E-state index contributed by atoms with van der Waals surface area (Å²) in [4.78, 5) is 13.4. The van der Waals surface area contributed by atoms with Gasteiger partial charge >= 0.3 is 0 Å². The molecule has 0 aromatic heterocycles. The lowest BCUT2D eigenvalue weighted by Crippen LogP contribution is -2.54. The van der Waals surface area contributed by atoms with Crippen LogP contribution in [0, 0.1) is 0 Å². The minimum Gasteiger partial charge on any atom is -0.339 e. The van der Waals surface area contributed by atoms with Gasteiger partial charge in [0.25, 0.3) is 0 Å². The van der Waals surface area contributed by atoms with E-state index in [0.29, 0.717) is 13.1 Å². The number of piperazine rings is 1. The molecule has 1 rings (SSSR count). The molecule has 0 radical (unpaired) electrons. The summed E-state index contributed by atoms with van der Waals surface area (Å²) in [7, 11) is -3.15. The van der Waals surface area contributed by atoms with Crippen molar-refractivity contribution in [2.75, 3.05) is 25.4 Å². The van der Waals surface area contributed by atoms with Gasteiger partial charge in [-0.2, -0.15) is 0 Å². The van der Waals surface area contributed by atoms with Gasteiger partial charge in [0, 0.05) is 19.6 Å². The highest BCUT2D eigenvalue weighted by atomic mass is 32.2. The van der Waals surface area contributed by atoms with E-state index < -0.39 is 14.6 Å². The average molecular weight is 262 g/mol.